The summed E-state index contributed by atoms with van der Waals surface area (Å²) in [6.07, 6.45) is 1.28. The number of hydrogen-bond acceptors (Lipinski definition) is 2. The van der Waals surface area contributed by atoms with Gasteiger partial charge >= 0.3 is 0 Å². The summed E-state index contributed by atoms with van der Waals surface area (Å²) < 4.78 is 0. The van der Waals surface area contributed by atoms with Crippen LogP contribution >= 0.6 is 0 Å². The molecule has 1 aliphatic heterocycles. The van der Waals surface area contributed by atoms with E-state index in [4.69, 9.17) is 0 Å². The molecule has 0 spiro atoms. The smallest absolute Gasteiger partial charge is 0.0195 e. The molecule has 2 atom stereocenters. The lowest BCUT2D eigenvalue weighted by Gasteiger charge is -2.42. The molecule has 2 nitrogen and oxygen atoms in total. The topological polar surface area (TPSA) is 6.48 Å². The molecule has 1 heterocycles. The number of hydrogen-bond donors (Lipinski definition) is 0. The van der Waals surface area contributed by atoms with Gasteiger partial charge in [0.1, 0.15) is 0 Å². The van der Waals surface area contributed by atoms with Gasteiger partial charge in [0, 0.05) is 25.2 Å². The predicted molar refractivity (Wildman–Crippen MR) is 64.8 cm³/mol. The normalized spacial score (nSPS) is 29.6. The quantitative estimate of drug-likeness (QED) is 0.675. The first-order chi connectivity index (χ1) is 6.65. The standard InChI is InChI=1S/C10H22N2.C2H6/c1-5-6-12-7-9(2)11(4)10(3)8-12;1-2/h9-10H,5-8H2,1-4H3;1-2H3. The Labute approximate surface area is 90.3 Å². The predicted octanol–water partition coefficient (Wildman–Crippen LogP) is 2.45. The van der Waals surface area contributed by atoms with Gasteiger partial charge in [-0.2, -0.15) is 0 Å². The van der Waals surface area contributed by atoms with Crippen molar-refractivity contribution < 1.29 is 0 Å². The van der Waals surface area contributed by atoms with Crippen LogP contribution in [0.2, 0.25) is 0 Å². The highest BCUT2D eigenvalue weighted by molar-refractivity contribution is 4.82. The number of nitrogens with zero attached hydrogens (tertiary/aromatic N) is 2. The Morgan fingerprint density at radius 1 is 1.07 bits per heavy atom. The van der Waals surface area contributed by atoms with Crippen LogP contribution < -0.4 is 0 Å². The van der Waals surface area contributed by atoms with Crippen molar-refractivity contribution in [2.24, 2.45) is 0 Å². The molecule has 0 aromatic carbocycles. The first-order valence-corrected chi connectivity index (χ1v) is 6.09. The third kappa shape index (κ3) is 3.97. The molecular weight excluding hydrogens is 172 g/mol. The maximum Gasteiger partial charge on any atom is 0.0195 e. The molecule has 0 bridgehead atoms. The molecule has 1 saturated heterocycles. The first-order valence-electron chi connectivity index (χ1n) is 6.09. The molecule has 0 amide bonds. The van der Waals surface area contributed by atoms with Crippen LogP contribution in [0.4, 0.5) is 0 Å². The zero-order chi connectivity index (χ0) is 11.1. The lowest BCUT2D eigenvalue weighted by molar-refractivity contribution is 0.0603. The van der Waals surface area contributed by atoms with E-state index in [-0.39, 0.29) is 0 Å². The molecule has 0 aromatic rings. The minimum Gasteiger partial charge on any atom is -0.300 e. The van der Waals surface area contributed by atoms with E-state index in [1.54, 1.807) is 0 Å². The van der Waals surface area contributed by atoms with Crippen LogP contribution in [0.3, 0.4) is 0 Å². The molecule has 86 valence electrons. The van der Waals surface area contributed by atoms with Gasteiger partial charge in [0.2, 0.25) is 0 Å². The van der Waals surface area contributed by atoms with Crippen LogP contribution in [-0.2, 0) is 0 Å². The number of likely N-dealkylation sites (N-methyl/N-ethyl adjacent to an activating group) is 1. The Morgan fingerprint density at radius 3 is 1.86 bits per heavy atom. The van der Waals surface area contributed by atoms with Crippen molar-refractivity contribution in [3.63, 3.8) is 0 Å². The summed E-state index contributed by atoms with van der Waals surface area (Å²) >= 11 is 0. The zero-order valence-corrected chi connectivity index (χ0v) is 10.9. The molecule has 2 unspecified atom stereocenters. The summed E-state index contributed by atoms with van der Waals surface area (Å²) in [4.78, 5) is 5.06. The molecule has 2 heteroatoms. The van der Waals surface area contributed by atoms with E-state index in [2.05, 4.69) is 37.6 Å². The lowest BCUT2D eigenvalue weighted by atomic mass is 10.1. The minimum absolute atomic E-state index is 0.722. The van der Waals surface area contributed by atoms with Gasteiger partial charge in [-0.05, 0) is 33.9 Å². The van der Waals surface area contributed by atoms with Crippen LogP contribution in [0.1, 0.15) is 41.0 Å². The van der Waals surface area contributed by atoms with E-state index in [0.29, 0.717) is 0 Å². The van der Waals surface area contributed by atoms with Crippen LogP contribution in [0, 0.1) is 0 Å². The Morgan fingerprint density at radius 2 is 1.50 bits per heavy atom. The van der Waals surface area contributed by atoms with Gasteiger partial charge in [-0.15, -0.1) is 0 Å². The van der Waals surface area contributed by atoms with Crippen molar-refractivity contribution in [1.29, 1.82) is 0 Å². The van der Waals surface area contributed by atoms with Crippen molar-refractivity contribution in [3.05, 3.63) is 0 Å². The summed E-state index contributed by atoms with van der Waals surface area (Å²) in [5, 5.41) is 0. The summed E-state index contributed by atoms with van der Waals surface area (Å²) in [5.74, 6) is 0. The van der Waals surface area contributed by atoms with Gasteiger partial charge in [0.15, 0.2) is 0 Å². The first kappa shape index (κ1) is 13.9. The van der Waals surface area contributed by atoms with E-state index in [1.807, 2.05) is 13.8 Å². The van der Waals surface area contributed by atoms with Gasteiger partial charge in [0.25, 0.3) is 0 Å². The van der Waals surface area contributed by atoms with Gasteiger partial charge in [-0.3, -0.25) is 4.90 Å². The monoisotopic (exact) mass is 200 g/mol. The summed E-state index contributed by atoms with van der Waals surface area (Å²) in [7, 11) is 2.23. The van der Waals surface area contributed by atoms with E-state index in [9.17, 15) is 0 Å². The van der Waals surface area contributed by atoms with Gasteiger partial charge < -0.3 is 4.90 Å². The second-order valence-corrected chi connectivity index (χ2v) is 4.12. The highest BCUT2D eigenvalue weighted by Crippen LogP contribution is 2.12. The largest absolute Gasteiger partial charge is 0.300 e. The van der Waals surface area contributed by atoms with Crippen LogP contribution in [0.5, 0.6) is 0 Å². The average molecular weight is 200 g/mol. The van der Waals surface area contributed by atoms with Crippen LogP contribution in [0.25, 0.3) is 0 Å². The Kier molecular flexibility index (Phi) is 7.20. The van der Waals surface area contributed by atoms with Crippen molar-refractivity contribution in [1.82, 2.24) is 9.80 Å². The number of rotatable bonds is 2. The number of piperazine rings is 1. The molecule has 1 fully saturated rings. The van der Waals surface area contributed by atoms with Gasteiger partial charge in [-0.1, -0.05) is 20.8 Å². The molecule has 1 rings (SSSR count). The van der Waals surface area contributed by atoms with Crippen LogP contribution in [0.15, 0.2) is 0 Å². The molecule has 1 aliphatic rings. The van der Waals surface area contributed by atoms with Crippen molar-refractivity contribution >= 4 is 0 Å². The van der Waals surface area contributed by atoms with E-state index < -0.39 is 0 Å². The Hall–Kier alpha value is -0.0800. The molecular formula is C12H28N2. The van der Waals surface area contributed by atoms with E-state index in [0.717, 1.165) is 12.1 Å². The molecule has 0 radical (unpaired) electrons. The zero-order valence-electron chi connectivity index (χ0n) is 10.9. The SMILES string of the molecule is CC.CCCN1CC(C)N(C)C(C)C1. The highest BCUT2D eigenvalue weighted by atomic mass is 15.3. The fraction of sp³-hybridized carbons (Fsp3) is 1.00. The fourth-order valence-electron chi connectivity index (χ4n) is 2.01. The second-order valence-electron chi connectivity index (χ2n) is 4.12. The molecule has 14 heavy (non-hydrogen) atoms. The lowest BCUT2D eigenvalue weighted by Crippen LogP contribution is -2.54. The summed E-state index contributed by atoms with van der Waals surface area (Å²) in [6.45, 7) is 14.6. The summed E-state index contributed by atoms with van der Waals surface area (Å²) in [5.41, 5.74) is 0. The van der Waals surface area contributed by atoms with E-state index >= 15 is 0 Å². The van der Waals surface area contributed by atoms with Crippen molar-refractivity contribution in [3.8, 4) is 0 Å². The maximum atomic E-state index is 2.58. The highest BCUT2D eigenvalue weighted by Gasteiger charge is 2.25. The van der Waals surface area contributed by atoms with Gasteiger partial charge in [-0.25, -0.2) is 0 Å². The Bertz CT molecular complexity index is 124. The second kappa shape index (κ2) is 7.24. The third-order valence-electron chi connectivity index (χ3n) is 2.98. The molecule has 0 N–H and O–H groups in total. The molecule has 0 aromatic heterocycles. The minimum atomic E-state index is 0.722. The van der Waals surface area contributed by atoms with E-state index in [1.165, 1.54) is 26.1 Å². The van der Waals surface area contributed by atoms with Gasteiger partial charge in [0.05, 0.1) is 0 Å². The summed E-state index contributed by atoms with van der Waals surface area (Å²) in [6, 6.07) is 1.44. The maximum absolute atomic E-state index is 2.58. The average Bonchev–Trinajstić information content (AvgIpc) is 2.18. The molecule has 0 saturated carbocycles. The third-order valence-corrected chi connectivity index (χ3v) is 2.98. The molecule has 0 aliphatic carbocycles. The van der Waals surface area contributed by atoms with Crippen LogP contribution in [-0.4, -0.2) is 48.6 Å². The fourth-order valence-corrected chi connectivity index (χ4v) is 2.01. The van der Waals surface area contributed by atoms with Crippen molar-refractivity contribution in [2.45, 2.75) is 53.1 Å². The van der Waals surface area contributed by atoms with Crippen molar-refractivity contribution in [2.75, 3.05) is 26.7 Å². The Balaban J connectivity index is 0.000000791.